The third-order valence-corrected chi connectivity index (χ3v) is 13.2. The van der Waals surface area contributed by atoms with Crippen molar-refractivity contribution in [2.45, 2.75) is 6.92 Å². The number of furan rings is 1. The quantitative estimate of drug-likeness (QED) is 0.160. The third kappa shape index (κ3) is 5.85. The van der Waals surface area contributed by atoms with E-state index in [9.17, 15) is 0 Å². The molecule has 13 aromatic rings. The molecule has 0 radical (unpaired) electrons. The van der Waals surface area contributed by atoms with Crippen molar-refractivity contribution in [1.82, 2.24) is 9.13 Å². The fourth-order valence-corrected chi connectivity index (χ4v) is 10.3. The Morgan fingerprint density at radius 1 is 0.369 bits per heavy atom. The van der Waals surface area contributed by atoms with Crippen LogP contribution >= 0.6 is 0 Å². The second-order valence-electron chi connectivity index (χ2n) is 16.9. The van der Waals surface area contributed by atoms with Gasteiger partial charge in [0.15, 0.2) is 0 Å². The second-order valence-corrected chi connectivity index (χ2v) is 16.9. The molecule has 0 N–H and O–H groups in total. The first-order valence-corrected chi connectivity index (χ1v) is 22.3. The van der Waals surface area contributed by atoms with Crippen LogP contribution in [0, 0.1) is 6.92 Å². The smallest absolute Gasteiger partial charge is 0.135 e. The summed E-state index contributed by atoms with van der Waals surface area (Å²) in [6, 6.07) is 83.4. The number of aryl methyl sites for hydroxylation is 1. The normalized spacial score (nSPS) is 11.8. The van der Waals surface area contributed by atoms with Gasteiger partial charge in [-0.05, 0) is 114 Å². The van der Waals surface area contributed by atoms with Gasteiger partial charge in [0.05, 0.1) is 22.1 Å². The van der Waals surface area contributed by atoms with Crippen molar-refractivity contribution in [3.05, 3.63) is 236 Å². The fraction of sp³-hybridized carbons (Fsp3) is 0.0164. The lowest BCUT2D eigenvalue weighted by Gasteiger charge is -2.27. The first-order valence-electron chi connectivity index (χ1n) is 22.3. The Labute approximate surface area is 376 Å². The van der Waals surface area contributed by atoms with Gasteiger partial charge in [0.25, 0.3) is 0 Å². The van der Waals surface area contributed by atoms with Crippen LogP contribution in [0.15, 0.2) is 235 Å². The largest absolute Gasteiger partial charge is 0.456 e. The molecule has 4 nitrogen and oxygen atoms in total. The Balaban J connectivity index is 1.06. The molecule has 0 bridgehead atoms. The summed E-state index contributed by atoms with van der Waals surface area (Å²) >= 11 is 0. The SMILES string of the molecule is Cc1ccccc1N(c1ccccc1)c1ccc(-n2c3ccccc3c3ccc(-c4c(-c5ccccc5)ccc5c6ccccc6n(-c6ccc7oc8ccccc8c7c6)c45)cc32)cc1. The first kappa shape index (κ1) is 37.0. The fourth-order valence-electron chi connectivity index (χ4n) is 10.3. The van der Waals surface area contributed by atoms with Crippen molar-refractivity contribution >= 4 is 82.6 Å². The minimum Gasteiger partial charge on any atom is -0.456 e. The topological polar surface area (TPSA) is 26.2 Å². The van der Waals surface area contributed by atoms with Crippen LogP contribution in [-0.4, -0.2) is 9.13 Å². The molecule has 306 valence electrons. The molecule has 0 aliphatic rings. The van der Waals surface area contributed by atoms with Gasteiger partial charge in [-0.25, -0.2) is 0 Å². The van der Waals surface area contributed by atoms with E-state index < -0.39 is 0 Å². The third-order valence-electron chi connectivity index (χ3n) is 13.2. The molecule has 0 unspecified atom stereocenters. The summed E-state index contributed by atoms with van der Waals surface area (Å²) in [5.41, 5.74) is 17.9. The number of nitrogens with zero attached hydrogens (tertiary/aromatic N) is 3. The van der Waals surface area contributed by atoms with Crippen molar-refractivity contribution in [1.29, 1.82) is 0 Å². The molecule has 0 spiro atoms. The van der Waals surface area contributed by atoms with E-state index in [0.29, 0.717) is 0 Å². The van der Waals surface area contributed by atoms with Gasteiger partial charge in [0, 0.05) is 66.3 Å². The number of hydrogen-bond acceptors (Lipinski definition) is 2. The Hall–Kier alpha value is -8.60. The van der Waals surface area contributed by atoms with E-state index >= 15 is 0 Å². The number of para-hydroxylation sites is 5. The molecule has 10 aromatic carbocycles. The highest BCUT2D eigenvalue weighted by Gasteiger charge is 2.23. The number of rotatable bonds is 7. The van der Waals surface area contributed by atoms with Crippen molar-refractivity contribution in [2.24, 2.45) is 0 Å². The highest BCUT2D eigenvalue weighted by atomic mass is 16.3. The average molecular weight is 832 g/mol. The first-order chi connectivity index (χ1) is 32.2. The Morgan fingerprint density at radius 3 is 1.74 bits per heavy atom. The monoisotopic (exact) mass is 831 g/mol. The van der Waals surface area contributed by atoms with E-state index in [4.69, 9.17) is 4.42 Å². The molecular formula is C61H41N3O. The van der Waals surface area contributed by atoms with E-state index in [2.05, 4.69) is 245 Å². The predicted octanol–water partition coefficient (Wildman–Crippen LogP) is 16.9. The summed E-state index contributed by atoms with van der Waals surface area (Å²) in [6.45, 7) is 2.18. The molecule has 0 amide bonds. The molecule has 0 saturated carbocycles. The number of anilines is 3. The number of hydrogen-bond donors (Lipinski definition) is 0. The van der Waals surface area contributed by atoms with Gasteiger partial charge in [-0.3, -0.25) is 0 Å². The molecule has 0 aliphatic carbocycles. The lowest BCUT2D eigenvalue weighted by molar-refractivity contribution is 0.669. The average Bonchev–Trinajstić information content (AvgIpc) is 4.02. The van der Waals surface area contributed by atoms with E-state index in [-0.39, 0.29) is 0 Å². The van der Waals surface area contributed by atoms with Crippen LogP contribution in [0.25, 0.3) is 99.2 Å². The zero-order valence-corrected chi connectivity index (χ0v) is 35.7. The minimum atomic E-state index is 0.884. The van der Waals surface area contributed by atoms with Crippen LogP contribution < -0.4 is 4.90 Å². The predicted molar refractivity (Wildman–Crippen MR) is 273 cm³/mol. The lowest BCUT2D eigenvalue weighted by atomic mass is 9.91. The van der Waals surface area contributed by atoms with Crippen molar-refractivity contribution in [3.63, 3.8) is 0 Å². The van der Waals surface area contributed by atoms with E-state index in [1.54, 1.807) is 0 Å². The Bertz CT molecular complexity index is 3950. The van der Waals surface area contributed by atoms with E-state index in [1.165, 1.54) is 54.8 Å². The highest BCUT2D eigenvalue weighted by Crippen LogP contribution is 2.46. The zero-order valence-electron chi connectivity index (χ0n) is 35.7. The van der Waals surface area contributed by atoms with Crippen LogP contribution in [0.3, 0.4) is 0 Å². The van der Waals surface area contributed by atoms with Gasteiger partial charge < -0.3 is 18.5 Å². The van der Waals surface area contributed by atoms with Crippen LogP contribution in [0.4, 0.5) is 17.1 Å². The number of aromatic nitrogens is 2. The van der Waals surface area contributed by atoms with Crippen molar-refractivity contribution in [2.75, 3.05) is 4.90 Å². The van der Waals surface area contributed by atoms with Gasteiger partial charge in [-0.1, -0.05) is 146 Å². The van der Waals surface area contributed by atoms with Crippen LogP contribution in [0.2, 0.25) is 0 Å². The molecule has 3 aromatic heterocycles. The van der Waals surface area contributed by atoms with Crippen molar-refractivity contribution < 1.29 is 4.42 Å². The summed E-state index contributed by atoms with van der Waals surface area (Å²) in [4.78, 5) is 2.35. The number of benzene rings is 10. The summed E-state index contributed by atoms with van der Waals surface area (Å²) in [5, 5.41) is 7.08. The maximum atomic E-state index is 6.33. The van der Waals surface area contributed by atoms with Crippen LogP contribution in [-0.2, 0) is 0 Å². The molecule has 13 rings (SSSR count). The highest BCUT2D eigenvalue weighted by molar-refractivity contribution is 6.18. The van der Waals surface area contributed by atoms with Crippen LogP contribution in [0.5, 0.6) is 0 Å². The van der Waals surface area contributed by atoms with Crippen LogP contribution in [0.1, 0.15) is 5.56 Å². The van der Waals surface area contributed by atoms with Crippen molar-refractivity contribution in [3.8, 4) is 33.6 Å². The maximum absolute atomic E-state index is 6.33. The van der Waals surface area contributed by atoms with Gasteiger partial charge in [0.1, 0.15) is 11.2 Å². The summed E-state index contributed by atoms with van der Waals surface area (Å²) in [7, 11) is 0. The summed E-state index contributed by atoms with van der Waals surface area (Å²) < 4.78 is 11.2. The molecule has 65 heavy (non-hydrogen) atoms. The van der Waals surface area contributed by atoms with Gasteiger partial charge in [-0.2, -0.15) is 0 Å². The molecule has 0 atom stereocenters. The minimum absolute atomic E-state index is 0.884. The summed E-state index contributed by atoms with van der Waals surface area (Å²) in [5.74, 6) is 0. The number of fused-ring (bicyclic) bond motifs is 9. The second kappa shape index (κ2) is 14.8. The Kier molecular flexibility index (Phi) is 8.40. The molecular weight excluding hydrogens is 791 g/mol. The summed E-state index contributed by atoms with van der Waals surface area (Å²) in [6.07, 6.45) is 0. The van der Waals surface area contributed by atoms with Gasteiger partial charge >= 0.3 is 0 Å². The van der Waals surface area contributed by atoms with Gasteiger partial charge in [0.2, 0.25) is 0 Å². The molecule has 0 aliphatic heterocycles. The van der Waals surface area contributed by atoms with E-state index in [1.807, 2.05) is 6.07 Å². The standard InChI is InChI=1S/C61H41N3O/c1-40-16-8-12-24-54(40)62(43-19-6-3-7-20-43)44-29-31-45(32-30-44)63-55-25-13-9-21-48(55)50-34-28-42(38-57(50)63)60-47(41-17-4-2-5-18-41)35-36-52-49-22-10-14-26-56(49)64(61(52)60)46-33-37-59-53(39-46)51-23-11-15-27-58(51)65-59/h2-39H,1H3. The molecule has 0 saturated heterocycles. The molecule has 3 heterocycles. The molecule has 0 fully saturated rings. The molecule has 4 heteroatoms. The van der Waals surface area contributed by atoms with Gasteiger partial charge in [-0.15, -0.1) is 0 Å². The zero-order chi connectivity index (χ0) is 43.0. The maximum Gasteiger partial charge on any atom is 0.135 e. The van der Waals surface area contributed by atoms with E-state index in [0.717, 1.165) is 67.0 Å². The lowest BCUT2D eigenvalue weighted by Crippen LogP contribution is -2.11. The Morgan fingerprint density at radius 2 is 0.954 bits per heavy atom.